The number of hydrogen-bond donors (Lipinski definition) is 0. The van der Waals surface area contributed by atoms with E-state index in [1.807, 2.05) is 0 Å². The molecule has 0 amide bonds. The molecule has 0 aliphatic rings. The fraction of sp³-hybridized carbons (Fsp3) is 1.00. The molecule has 0 aromatic rings. The van der Waals surface area contributed by atoms with Crippen molar-refractivity contribution in [1.82, 2.24) is 0 Å². The zero-order valence-corrected chi connectivity index (χ0v) is 23.0. The van der Waals surface area contributed by atoms with Crippen molar-refractivity contribution in [3.05, 3.63) is 0 Å². The smallest absolute Gasteiger partial charge is 0.192 e. The molecule has 25 heavy (non-hydrogen) atoms. The summed E-state index contributed by atoms with van der Waals surface area (Å²) < 4.78 is 14.2. The van der Waals surface area contributed by atoms with E-state index in [0.29, 0.717) is 17.1 Å². The lowest BCUT2D eigenvalue weighted by molar-refractivity contribution is 0.123. The molecule has 0 unspecified atom stereocenters. The molecule has 5 heteroatoms. The van der Waals surface area contributed by atoms with Gasteiger partial charge in [-0.05, 0) is 61.4 Å². The SMILES string of the molecule is C[C@@H](CI)[C@H](CCCCO[Si](C)(C)C(C)(C)C)O[Si](C)(C)C(C)(C)C. The van der Waals surface area contributed by atoms with Gasteiger partial charge in [-0.15, -0.1) is 0 Å². The molecule has 0 saturated heterocycles. The average Bonchev–Trinajstić information content (AvgIpc) is 2.42. The first-order valence-corrected chi connectivity index (χ1v) is 17.3. The Bertz CT molecular complexity index is 384. The molecule has 0 spiro atoms. The van der Waals surface area contributed by atoms with Gasteiger partial charge < -0.3 is 8.85 Å². The number of unbranched alkanes of at least 4 members (excludes halogenated alkanes) is 1. The normalized spacial score (nSPS) is 16.8. The van der Waals surface area contributed by atoms with Crippen LogP contribution < -0.4 is 0 Å². The summed E-state index contributed by atoms with van der Waals surface area (Å²) in [5.74, 6) is 0.621. The molecule has 0 heterocycles. The van der Waals surface area contributed by atoms with E-state index < -0.39 is 16.6 Å². The molecule has 0 bridgehead atoms. The molecular weight excluding hydrogens is 455 g/mol. The molecule has 0 aliphatic heterocycles. The summed E-state index contributed by atoms with van der Waals surface area (Å²) in [7, 11) is -3.30. The van der Waals surface area contributed by atoms with Crippen LogP contribution in [0.5, 0.6) is 0 Å². The number of hydrogen-bond acceptors (Lipinski definition) is 2. The fourth-order valence-electron chi connectivity index (χ4n) is 2.11. The van der Waals surface area contributed by atoms with Crippen LogP contribution in [-0.4, -0.2) is 33.8 Å². The zero-order chi connectivity index (χ0) is 20.1. The number of rotatable bonds is 10. The Balaban J connectivity index is 4.54. The molecule has 0 aromatic carbocycles. The Hall–Kier alpha value is 1.08. The van der Waals surface area contributed by atoms with Gasteiger partial charge in [-0.25, -0.2) is 0 Å². The van der Waals surface area contributed by atoms with Gasteiger partial charge >= 0.3 is 0 Å². The van der Waals surface area contributed by atoms with E-state index in [1.165, 1.54) is 6.42 Å². The van der Waals surface area contributed by atoms with Crippen LogP contribution >= 0.6 is 22.6 Å². The second-order valence-electron chi connectivity index (χ2n) is 10.7. The van der Waals surface area contributed by atoms with Gasteiger partial charge in [0.05, 0.1) is 0 Å². The third kappa shape index (κ3) is 8.75. The highest BCUT2D eigenvalue weighted by Gasteiger charge is 2.40. The molecule has 0 fully saturated rings. The van der Waals surface area contributed by atoms with Crippen LogP contribution in [0.15, 0.2) is 0 Å². The molecule has 0 saturated carbocycles. The van der Waals surface area contributed by atoms with Gasteiger partial charge in [0.25, 0.3) is 0 Å². The largest absolute Gasteiger partial charge is 0.417 e. The van der Waals surface area contributed by atoms with Crippen LogP contribution in [0.3, 0.4) is 0 Å². The topological polar surface area (TPSA) is 18.5 Å². The predicted molar refractivity (Wildman–Crippen MR) is 127 cm³/mol. The number of halogens is 1. The van der Waals surface area contributed by atoms with Crippen molar-refractivity contribution in [2.45, 2.75) is 110 Å². The van der Waals surface area contributed by atoms with Gasteiger partial charge in [-0.2, -0.15) is 0 Å². The minimum Gasteiger partial charge on any atom is -0.417 e. The third-order valence-electron chi connectivity index (χ3n) is 6.28. The standard InChI is InChI=1S/C20H45IO2Si2/c1-17(16-21)18(23-25(10,11)20(5,6)7)14-12-13-15-22-24(8,9)19(2,3)4/h17-18H,12-16H2,1-11H3/t17-,18-/m0/s1. The summed E-state index contributed by atoms with van der Waals surface area (Å²) in [6.07, 6.45) is 3.91. The molecule has 0 aliphatic carbocycles. The van der Waals surface area contributed by atoms with Crippen LogP contribution in [0, 0.1) is 5.92 Å². The Morgan fingerprint density at radius 1 is 0.840 bits per heavy atom. The summed E-state index contributed by atoms with van der Waals surface area (Å²) >= 11 is 2.51. The molecular formula is C20H45IO2Si2. The lowest BCUT2D eigenvalue weighted by atomic mass is 10.0. The Morgan fingerprint density at radius 2 is 1.32 bits per heavy atom. The Labute approximate surface area is 174 Å². The summed E-state index contributed by atoms with van der Waals surface area (Å²) in [5, 5.41) is 0.582. The second kappa shape index (κ2) is 10.0. The lowest BCUT2D eigenvalue weighted by Gasteiger charge is -2.41. The van der Waals surface area contributed by atoms with E-state index >= 15 is 0 Å². The van der Waals surface area contributed by atoms with Gasteiger partial charge in [0.15, 0.2) is 16.6 Å². The molecule has 0 rings (SSSR count). The summed E-state index contributed by atoms with van der Waals surface area (Å²) in [6.45, 7) is 26.6. The highest BCUT2D eigenvalue weighted by Crippen LogP contribution is 2.39. The van der Waals surface area contributed by atoms with Crippen molar-refractivity contribution in [3.63, 3.8) is 0 Å². The predicted octanol–water partition coefficient (Wildman–Crippen LogP) is 7.64. The van der Waals surface area contributed by atoms with E-state index in [-0.39, 0.29) is 5.04 Å². The summed E-state index contributed by atoms with van der Waals surface area (Å²) in [5.41, 5.74) is 0. The first kappa shape index (κ1) is 26.1. The van der Waals surface area contributed by atoms with Gasteiger partial charge in [0.1, 0.15) is 0 Å². The second-order valence-corrected chi connectivity index (χ2v) is 21.1. The van der Waals surface area contributed by atoms with Crippen LogP contribution in [0.4, 0.5) is 0 Å². The van der Waals surface area contributed by atoms with Crippen molar-refractivity contribution in [2.24, 2.45) is 5.92 Å². The first-order valence-electron chi connectivity index (χ1n) is 9.93. The molecule has 2 nitrogen and oxygen atoms in total. The maximum absolute atomic E-state index is 6.76. The zero-order valence-electron chi connectivity index (χ0n) is 18.9. The van der Waals surface area contributed by atoms with Crippen LogP contribution in [0.2, 0.25) is 36.3 Å². The van der Waals surface area contributed by atoms with Gasteiger partial charge in [-0.1, -0.05) is 71.1 Å². The summed E-state index contributed by atoms with van der Waals surface area (Å²) in [4.78, 5) is 0. The van der Waals surface area contributed by atoms with E-state index in [0.717, 1.165) is 23.9 Å². The Kier molecular flexibility index (Phi) is 10.5. The summed E-state index contributed by atoms with van der Waals surface area (Å²) in [6, 6.07) is 0. The van der Waals surface area contributed by atoms with Gasteiger partial charge in [0, 0.05) is 17.1 Å². The van der Waals surface area contributed by atoms with Crippen molar-refractivity contribution >= 4 is 39.2 Å². The van der Waals surface area contributed by atoms with Gasteiger partial charge in [0.2, 0.25) is 0 Å². The van der Waals surface area contributed by atoms with Crippen LogP contribution in [-0.2, 0) is 8.85 Å². The molecule has 152 valence electrons. The molecule has 0 aromatic heterocycles. The highest BCUT2D eigenvalue weighted by atomic mass is 127. The third-order valence-corrected chi connectivity index (χ3v) is 16.7. The minimum absolute atomic E-state index is 0.279. The maximum Gasteiger partial charge on any atom is 0.192 e. The number of alkyl halides is 1. The van der Waals surface area contributed by atoms with E-state index in [9.17, 15) is 0 Å². The lowest BCUT2D eigenvalue weighted by Crippen LogP contribution is -2.45. The van der Waals surface area contributed by atoms with Crippen LogP contribution in [0.25, 0.3) is 0 Å². The maximum atomic E-state index is 6.76. The van der Waals surface area contributed by atoms with Crippen molar-refractivity contribution in [2.75, 3.05) is 11.0 Å². The first-order chi connectivity index (χ1) is 11.0. The highest BCUT2D eigenvalue weighted by molar-refractivity contribution is 14.1. The van der Waals surface area contributed by atoms with Crippen molar-refractivity contribution in [3.8, 4) is 0 Å². The minimum atomic E-state index is -1.70. The van der Waals surface area contributed by atoms with E-state index in [2.05, 4.69) is 97.2 Å². The molecule has 0 N–H and O–H groups in total. The van der Waals surface area contributed by atoms with Crippen molar-refractivity contribution < 1.29 is 8.85 Å². The van der Waals surface area contributed by atoms with E-state index in [4.69, 9.17) is 8.85 Å². The van der Waals surface area contributed by atoms with Crippen LogP contribution in [0.1, 0.15) is 67.7 Å². The quantitative estimate of drug-likeness (QED) is 0.133. The van der Waals surface area contributed by atoms with Gasteiger partial charge in [-0.3, -0.25) is 0 Å². The van der Waals surface area contributed by atoms with E-state index in [1.54, 1.807) is 0 Å². The molecule has 2 atom stereocenters. The van der Waals surface area contributed by atoms with Crippen molar-refractivity contribution in [1.29, 1.82) is 0 Å². The Morgan fingerprint density at radius 3 is 1.72 bits per heavy atom. The molecule has 0 radical (unpaired) electrons. The fourth-order valence-corrected chi connectivity index (χ4v) is 5.22. The monoisotopic (exact) mass is 500 g/mol. The average molecular weight is 501 g/mol.